The van der Waals surface area contributed by atoms with E-state index in [2.05, 4.69) is 6.92 Å². The summed E-state index contributed by atoms with van der Waals surface area (Å²) in [4.78, 5) is 11.7. The van der Waals surface area contributed by atoms with Crippen LogP contribution < -0.4 is 0 Å². The Balaban J connectivity index is 2.44. The zero-order valence-electron chi connectivity index (χ0n) is 10.2. The molecule has 0 amide bonds. The molecule has 0 bridgehead atoms. The number of ketones is 1. The van der Waals surface area contributed by atoms with Gasteiger partial charge in [-0.05, 0) is 24.6 Å². The Hall–Kier alpha value is -1.38. The molecule has 0 atom stereocenters. The van der Waals surface area contributed by atoms with E-state index in [0.717, 1.165) is 31.4 Å². The number of rotatable bonds is 7. The van der Waals surface area contributed by atoms with E-state index in [1.807, 2.05) is 0 Å². The van der Waals surface area contributed by atoms with Crippen LogP contribution in [-0.4, -0.2) is 10.9 Å². The Kier molecular flexibility index (Phi) is 5.67. The van der Waals surface area contributed by atoms with Gasteiger partial charge in [-0.15, -0.1) is 0 Å². The van der Waals surface area contributed by atoms with Gasteiger partial charge in [0.15, 0.2) is 5.78 Å². The standard InChI is InChI=1S/C14H19FO2/c1-2-3-4-5-6-7-13(16)12-10-11(15)8-9-14(12)17/h8-10,17H,2-7H2,1H3. The molecule has 0 saturated carbocycles. The van der Waals surface area contributed by atoms with Crippen LogP contribution in [0.5, 0.6) is 5.75 Å². The van der Waals surface area contributed by atoms with E-state index in [0.29, 0.717) is 6.42 Å². The number of unbranched alkanes of at least 4 members (excludes halogenated alkanes) is 4. The molecule has 1 aromatic rings. The zero-order chi connectivity index (χ0) is 12.7. The first-order chi connectivity index (χ1) is 8.15. The number of hydrogen-bond acceptors (Lipinski definition) is 2. The molecular formula is C14H19FO2. The number of carbonyl (C=O) groups excluding carboxylic acids is 1. The number of aromatic hydroxyl groups is 1. The predicted octanol–water partition coefficient (Wildman–Crippen LogP) is 4.07. The predicted molar refractivity (Wildman–Crippen MR) is 65.8 cm³/mol. The van der Waals surface area contributed by atoms with Crippen molar-refractivity contribution in [3.63, 3.8) is 0 Å². The Morgan fingerprint density at radius 2 is 1.94 bits per heavy atom. The Morgan fingerprint density at radius 3 is 2.65 bits per heavy atom. The number of hydrogen-bond donors (Lipinski definition) is 1. The summed E-state index contributed by atoms with van der Waals surface area (Å²) < 4.78 is 12.9. The van der Waals surface area contributed by atoms with Crippen LogP contribution in [0.1, 0.15) is 55.8 Å². The van der Waals surface area contributed by atoms with Crippen molar-refractivity contribution in [3.05, 3.63) is 29.6 Å². The first kappa shape index (κ1) is 13.7. The molecule has 17 heavy (non-hydrogen) atoms. The Labute approximate surface area is 101 Å². The minimum atomic E-state index is -0.489. The minimum Gasteiger partial charge on any atom is -0.507 e. The minimum absolute atomic E-state index is 0.0977. The van der Waals surface area contributed by atoms with E-state index in [1.54, 1.807) is 0 Å². The van der Waals surface area contributed by atoms with Gasteiger partial charge >= 0.3 is 0 Å². The molecule has 1 rings (SSSR count). The van der Waals surface area contributed by atoms with Gasteiger partial charge in [0.25, 0.3) is 0 Å². The maximum absolute atomic E-state index is 12.9. The second kappa shape index (κ2) is 7.05. The van der Waals surface area contributed by atoms with Crippen LogP contribution in [0.25, 0.3) is 0 Å². The molecule has 0 aromatic heterocycles. The highest BCUT2D eigenvalue weighted by molar-refractivity contribution is 5.98. The van der Waals surface area contributed by atoms with Crippen molar-refractivity contribution in [2.75, 3.05) is 0 Å². The summed E-state index contributed by atoms with van der Waals surface area (Å²) in [5.74, 6) is -0.805. The van der Waals surface area contributed by atoms with E-state index in [4.69, 9.17) is 0 Å². The lowest BCUT2D eigenvalue weighted by atomic mass is 10.0. The van der Waals surface area contributed by atoms with Gasteiger partial charge in [-0.1, -0.05) is 32.6 Å². The normalized spacial score (nSPS) is 10.5. The summed E-state index contributed by atoms with van der Waals surface area (Å²) in [5.41, 5.74) is 0.0977. The van der Waals surface area contributed by atoms with Crippen molar-refractivity contribution >= 4 is 5.78 Å². The molecule has 1 aromatic carbocycles. The largest absolute Gasteiger partial charge is 0.507 e. The second-order valence-corrected chi connectivity index (χ2v) is 4.25. The second-order valence-electron chi connectivity index (χ2n) is 4.25. The van der Waals surface area contributed by atoms with Crippen LogP contribution in [0.2, 0.25) is 0 Å². The number of benzene rings is 1. The molecule has 0 unspecified atom stereocenters. The summed E-state index contributed by atoms with van der Waals surface area (Å²) in [7, 11) is 0. The van der Waals surface area contributed by atoms with Crippen molar-refractivity contribution in [2.45, 2.75) is 45.4 Å². The average Bonchev–Trinajstić information content (AvgIpc) is 2.32. The molecule has 2 nitrogen and oxygen atoms in total. The highest BCUT2D eigenvalue weighted by Gasteiger charge is 2.11. The van der Waals surface area contributed by atoms with Gasteiger partial charge in [-0.3, -0.25) is 4.79 Å². The first-order valence-electron chi connectivity index (χ1n) is 6.17. The maximum atomic E-state index is 12.9. The molecule has 1 N–H and O–H groups in total. The van der Waals surface area contributed by atoms with Crippen LogP contribution in [-0.2, 0) is 0 Å². The molecular weight excluding hydrogens is 219 g/mol. The molecule has 0 saturated heterocycles. The van der Waals surface area contributed by atoms with E-state index < -0.39 is 5.82 Å². The third kappa shape index (κ3) is 4.55. The highest BCUT2D eigenvalue weighted by Crippen LogP contribution is 2.20. The fourth-order valence-corrected chi connectivity index (χ4v) is 1.76. The zero-order valence-corrected chi connectivity index (χ0v) is 10.2. The van der Waals surface area contributed by atoms with Crippen molar-refractivity contribution in [3.8, 4) is 5.75 Å². The SMILES string of the molecule is CCCCCCCC(=O)c1cc(F)ccc1O. The monoisotopic (exact) mass is 238 g/mol. The number of phenols is 1. The smallest absolute Gasteiger partial charge is 0.166 e. The van der Waals surface area contributed by atoms with Crippen molar-refractivity contribution in [1.29, 1.82) is 0 Å². The van der Waals surface area contributed by atoms with Crippen LogP contribution in [0, 0.1) is 5.82 Å². The Bertz CT molecular complexity index is 374. The summed E-state index contributed by atoms with van der Waals surface area (Å²) in [5, 5.41) is 9.46. The molecule has 3 heteroatoms. The van der Waals surface area contributed by atoms with E-state index in [-0.39, 0.29) is 17.1 Å². The maximum Gasteiger partial charge on any atom is 0.166 e. The van der Waals surface area contributed by atoms with Crippen LogP contribution in [0.3, 0.4) is 0 Å². The van der Waals surface area contributed by atoms with Gasteiger partial charge in [-0.2, -0.15) is 0 Å². The summed E-state index contributed by atoms with van der Waals surface area (Å²) in [6.45, 7) is 2.13. The van der Waals surface area contributed by atoms with Gasteiger partial charge in [-0.25, -0.2) is 4.39 Å². The third-order valence-electron chi connectivity index (χ3n) is 2.77. The lowest BCUT2D eigenvalue weighted by molar-refractivity contribution is 0.0976. The summed E-state index contributed by atoms with van der Waals surface area (Å²) in [6.07, 6.45) is 5.65. The fraction of sp³-hybridized carbons (Fsp3) is 0.500. The lowest BCUT2D eigenvalue weighted by Gasteiger charge is -2.04. The van der Waals surface area contributed by atoms with Gasteiger partial charge in [0.2, 0.25) is 0 Å². The topological polar surface area (TPSA) is 37.3 Å². The number of Topliss-reactive ketones (excluding diaryl/α,β-unsaturated/α-hetero) is 1. The number of carbonyl (C=O) groups is 1. The summed E-state index contributed by atoms with van der Waals surface area (Å²) in [6, 6.07) is 3.47. The van der Waals surface area contributed by atoms with Crippen LogP contribution >= 0.6 is 0 Å². The van der Waals surface area contributed by atoms with E-state index >= 15 is 0 Å². The molecule has 0 aliphatic heterocycles. The van der Waals surface area contributed by atoms with Gasteiger partial charge in [0, 0.05) is 6.42 Å². The quantitative estimate of drug-likeness (QED) is 0.574. The third-order valence-corrected chi connectivity index (χ3v) is 2.77. The average molecular weight is 238 g/mol. The molecule has 94 valence electrons. The molecule has 0 aliphatic rings. The Morgan fingerprint density at radius 1 is 1.24 bits per heavy atom. The van der Waals surface area contributed by atoms with Gasteiger partial charge in [0.05, 0.1) is 5.56 Å². The first-order valence-corrected chi connectivity index (χ1v) is 6.17. The van der Waals surface area contributed by atoms with Crippen molar-refractivity contribution in [1.82, 2.24) is 0 Å². The van der Waals surface area contributed by atoms with E-state index in [9.17, 15) is 14.3 Å². The molecule has 0 radical (unpaired) electrons. The fourth-order valence-electron chi connectivity index (χ4n) is 1.76. The van der Waals surface area contributed by atoms with Crippen LogP contribution in [0.4, 0.5) is 4.39 Å². The number of halogens is 1. The van der Waals surface area contributed by atoms with Crippen LogP contribution in [0.15, 0.2) is 18.2 Å². The van der Waals surface area contributed by atoms with Crippen molar-refractivity contribution < 1.29 is 14.3 Å². The lowest BCUT2D eigenvalue weighted by Crippen LogP contribution is -2.00. The highest BCUT2D eigenvalue weighted by atomic mass is 19.1. The molecule has 0 spiro atoms. The van der Waals surface area contributed by atoms with Gasteiger partial charge < -0.3 is 5.11 Å². The number of phenolic OH excluding ortho intramolecular Hbond substituents is 1. The van der Waals surface area contributed by atoms with Gasteiger partial charge in [0.1, 0.15) is 11.6 Å². The summed E-state index contributed by atoms with van der Waals surface area (Å²) >= 11 is 0. The molecule has 0 fully saturated rings. The molecule has 0 heterocycles. The van der Waals surface area contributed by atoms with Crippen molar-refractivity contribution in [2.24, 2.45) is 0 Å². The molecule has 0 aliphatic carbocycles. The van der Waals surface area contributed by atoms with E-state index in [1.165, 1.54) is 18.9 Å².